The van der Waals surface area contributed by atoms with E-state index in [2.05, 4.69) is 14.1 Å². The Bertz CT molecular complexity index is 980. The maximum absolute atomic E-state index is 14.2. The van der Waals surface area contributed by atoms with E-state index in [0.29, 0.717) is 23.0 Å². The zero-order chi connectivity index (χ0) is 18.8. The lowest BCUT2D eigenvalue weighted by Gasteiger charge is -2.15. The van der Waals surface area contributed by atoms with E-state index in [0.717, 1.165) is 17.3 Å². The summed E-state index contributed by atoms with van der Waals surface area (Å²) >= 11 is 1.05. The Kier molecular flexibility index (Phi) is 4.87. The third kappa shape index (κ3) is 3.24. The molecule has 26 heavy (non-hydrogen) atoms. The smallest absolute Gasteiger partial charge is 0.276 e. The van der Waals surface area contributed by atoms with E-state index < -0.39 is 34.6 Å². The fourth-order valence-corrected chi connectivity index (χ4v) is 2.78. The van der Waals surface area contributed by atoms with Crippen LogP contribution in [-0.4, -0.2) is 19.9 Å². The van der Waals surface area contributed by atoms with Crippen LogP contribution in [0.5, 0.6) is 0 Å². The molecule has 2 aromatic carbocycles. The first-order valence-electron chi connectivity index (χ1n) is 7.20. The fourth-order valence-electron chi connectivity index (χ4n) is 2.35. The lowest BCUT2D eigenvalue weighted by Crippen LogP contribution is -2.21. The van der Waals surface area contributed by atoms with Gasteiger partial charge in [-0.3, -0.25) is 10.0 Å². The number of nitrogens with zero attached hydrogens (tertiary/aromatic N) is 2. The summed E-state index contributed by atoms with van der Waals surface area (Å²) in [7, 11) is 0. The second-order valence-corrected chi connectivity index (χ2v) is 5.85. The number of amides is 1. The van der Waals surface area contributed by atoms with E-state index in [1.807, 2.05) is 0 Å². The minimum atomic E-state index is -1.73. The van der Waals surface area contributed by atoms with Crippen molar-refractivity contribution in [2.24, 2.45) is 0 Å². The molecule has 10 heteroatoms. The number of nitrogens with one attached hydrogen (secondary N) is 2. The number of hydrogen-bond donors (Lipinski definition) is 3. The maximum atomic E-state index is 14.2. The van der Waals surface area contributed by atoms with Crippen molar-refractivity contribution in [1.82, 2.24) is 14.2 Å². The number of aromatic nitrogens is 2. The van der Waals surface area contributed by atoms with E-state index in [9.17, 15) is 18.0 Å². The molecule has 0 aliphatic heterocycles. The first-order valence-corrected chi connectivity index (χ1v) is 7.93. The number of hydroxylamine groups is 1. The van der Waals surface area contributed by atoms with Crippen LogP contribution in [-0.2, 0) is 0 Å². The summed E-state index contributed by atoms with van der Waals surface area (Å²) in [5.41, 5.74) is 2.50. The number of rotatable bonds is 4. The molecule has 0 aliphatic rings. The Morgan fingerprint density at radius 2 is 1.96 bits per heavy atom. The fraction of sp³-hybridized carbons (Fsp3) is 0.0625. The highest BCUT2D eigenvalue weighted by atomic mass is 32.1. The molecule has 3 aromatic rings. The third-order valence-electron chi connectivity index (χ3n) is 3.65. The lowest BCUT2D eigenvalue weighted by molar-refractivity contribution is 0.0706. The number of carbonyl (C=O) groups is 1. The maximum Gasteiger partial charge on any atom is 0.276 e. The van der Waals surface area contributed by atoms with Gasteiger partial charge >= 0.3 is 0 Å². The highest BCUT2D eigenvalue weighted by molar-refractivity contribution is 6.99. The molecule has 0 bridgehead atoms. The molecule has 0 fully saturated rings. The van der Waals surface area contributed by atoms with Crippen LogP contribution < -0.4 is 10.8 Å². The van der Waals surface area contributed by atoms with Crippen LogP contribution in [0.1, 0.15) is 15.9 Å². The summed E-state index contributed by atoms with van der Waals surface area (Å²) in [5.74, 6) is -6.04. The second kappa shape index (κ2) is 7.10. The molecular weight excluding hydrogens is 369 g/mol. The Hall–Kier alpha value is -2.98. The van der Waals surface area contributed by atoms with Gasteiger partial charge in [-0.1, -0.05) is 6.07 Å². The van der Waals surface area contributed by atoms with Gasteiger partial charge in [-0.2, -0.15) is 8.75 Å². The average Bonchev–Trinajstić information content (AvgIpc) is 3.17. The first-order chi connectivity index (χ1) is 12.4. The molecule has 0 atom stereocenters. The lowest BCUT2D eigenvalue weighted by atomic mass is 10.1. The molecule has 1 heterocycles. The zero-order valence-electron chi connectivity index (χ0n) is 13.2. The molecule has 0 radical (unpaired) electrons. The second-order valence-electron chi connectivity index (χ2n) is 5.30. The predicted molar refractivity (Wildman–Crippen MR) is 88.9 cm³/mol. The van der Waals surface area contributed by atoms with Crippen LogP contribution in [0, 0.1) is 24.4 Å². The standard InChI is InChI=1S/C16H11F3N4O2S/c1-7-4-8(12-6-20-26-23-12)2-3-11(7)21-15-9(16(24)22-25)5-10(17)13(18)14(15)19/h2-6,21,25H,1H3,(H,22,24). The number of carbonyl (C=O) groups excluding carboxylic acids is 1. The van der Waals surface area contributed by atoms with Gasteiger partial charge in [-0.15, -0.1) is 0 Å². The molecule has 3 N–H and O–H groups in total. The zero-order valence-corrected chi connectivity index (χ0v) is 14.0. The number of halogens is 3. The Labute approximate surface area is 149 Å². The molecule has 1 aromatic heterocycles. The number of anilines is 2. The summed E-state index contributed by atoms with van der Waals surface area (Å²) in [4.78, 5) is 11.7. The van der Waals surface area contributed by atoms with E-state index in [-0.39, 0.29) is 0 Å². The number of aryl methyl sites for hydroxylation is 1. The van der Waals surface area contributed by atoms with E-state index in [4.69, 9.17) is 5.21 Å². The molecule has 0 spiro atoms. The van der Waals surface area contributed by atoms with Gasteiger partial charge in [0.2, 0.25) is 0 Å². The van der Waals surface area contributed by atoms with Gasteiger partial charge in [0.05, 0.1) is 29.2 Å². The van der Waals surface area contributed by atoms with E-state index in [1.165, 1.54) is 5.48 Å². The van der Waals surface area contributed by atoms with Crippen LogP contribution in [0.4, 0.5) is 24.5 Å². The molecule has 0 aliphatic carbocycles. The first kappa shape index (κ1) is 17.8. The van der Waals surface area contributed by atoms with Crippen molar-refractivity contribution in [3.8, 4) is 11.3 Å². The van der Waals surface area contributed by atoms with Crippen LogP contribution in [0.2, 0.25) is 0 Å². The van der Waals surface area contributed by atoms with Crippen molar-refractivity contribution < 1.29 is 23.2 Å². The summed E-state index contributed by atoms with van der Waals surface area (Å²) in [6.45, 7) is 1.70. The van der Waals surface area contributed by atoms with Gasteiger partial charge in [0.1, 0.15) is 5.69 Å². The Balaban J connectivity index is 2.04. The van der Waals surface area contributed by atoms with Crippen molar-refractivity contribution in [2.75, 3.05) is 5.32 Å². The van der Waals surface area contributed by atoms with E-state index in [1.54, 1.807) is 31.3 Å². The third-order valence-corrected chi connectivity index (χ3v) is 4.13. The monoisotopic (exact) mass is 380 g/mol. The molecule has 0 saturated carbocycles. The molecule has 6 nitrogen and oxygen atoms in total. The molecular formula is C16H11F3N4O2S. The molecule has 0 unspecified atom stereocenters. The highest BCUT2D eigenvalue weighted by Crippen LogP contribution is 2.31. The topological polar surface area (TPSA) is 87.1 Å². The van der Waals surface area contributed by atoms with Gasteiger partial charge in [0, 0.05) is 11.3 Å². The van der Waals surface area contributed by atoms with Crippen LogP contribution in [0.25, 0.3) is 11.3 Å². The van der Waals surface area contributed by atoms with Gasteiger partial charge in [0.25, 0.3) is 5.91 Å². The minimum absolute atomic E-state index is 0.355. The summed E-state index contributed by atoms with van der Waals surface area (Å²) < 4.78 is 49.2. The Morgan fingerprint density at radius 3 is 2.58 bits per heavy atom. The SMILES string of the molecule is Cc1cc(-c2cnsn2)ccc1Nc1c(C(=O)NO)cc(F)c(F)c1F. The van der Waals surface area contributed by atoms with Crippen molar-refractivity contribution in [3.63, 3.8) is 0 Å². The van der Waals surface area contributed by atoms with Gasteiger partial charge in [0.15, 0.2) is 17.5 Å². The predicted octanol–water partition coefficient (Wildman–Crippen LogP) is 3.79. The number of benzene rings is 2. The van der Waals surface area contributed by atoms with Gasteiger partial charge < -0.3 is 5.32 Å². The van der Waals surface area contributed by atoms with Gasteiger partial charge in [-0.05, 0) is 30.7 Å². The highest BCUT2D eigenvalue weighted by Gasteiger charge is 2.23. The normalized spacial score (nSPS) is 10.7. The van der Waals surface area contributed by atoms with Crippen LogP contribution in [0.15, 0.2) is 30.5 Å². The summed E-state index contributed by atoms with van der Waals surface area (Å²) in [6, 6.07) is 5.49. The average molecular weight is 380 g/mol. The largest absolute Gasteiger partial charge is 0.352 e. The van der Waals surface area contributed by atoms with Crippen molar-refractivity contribution in [2.45, 2.75) is 6.92 Å². The summed E-state index contributed by atoms with van der Waals surface area (Å²) in [6.07, 6.45) is 1.59. The van der Waals surface area contributed by atoms with Gasteiger partial charge in [-0.25, -0.2) is 18.7 Å². The summed E-state index contributed by atoms with van der Waals surface area (Å²) in [5, 5.41) is 11.3. The van der Waals surface area contributed by atoms with Crippen molar-refractivity contribution in [3.05, 3.63) is 59.0 Å². The molecule has 1 amide bonds. The van der Waals surface area contributed by atoms with Crippen LogP contribution >= 0.6 is 11.7 Å². The quantitative estimate of drug-likeness (QED) is 0.364. The van der Waals surface area contributed by atoms with Crippen molar-refractivity contribution >= 4 is 29.0 Å². The minimum Gasteiger partial charge on any atom is -0.352 e. The number of hydrogen-bond acceptors (Lipinski definition) is 6. The molecule has 3 rings (SSSR count). The molecule has 0 saturated heterocycles. The Morgan fingerprint density at radius 1 is 1.19 bits per heavy atom. The van der Waals surface area contributed by atoms with E-state index >= 15 is 0 Å². The molecule has 134 valence electrons. The van der Waals surface area contributed by atoms with Crippen molar-refractivity contribution in [1.29, 1.82) is 0 Å². The van der Waals surface area contributed by atoms with Crippen LogP contribution in [0.3, 0.4) is 0 Å².